The van der Waals surface area contributed by atoms with E-state index in [0.29, 0.717) is 62.4 Å². The van der Waals surface area contributed by atoms with Gasteiger partial charge in [0.05, 0.1) is 32.1 Å². The molecule has 1 spiro atoms. The minimum Gasteiger partial charge on any atom is -0.497 e. The maximum Gasteiger partial charge on any atom is 0.226 e. The second-order valence-electron chi connectivity index (χ2n) is 8.04. The number of ketones is 1. The van der Waals surface area contributed by atoms with E-state index < -0.39 is 5.60 Å². The Morgan fingerprint density at radius 3 is 2.50 bits per heavy atom. The Bertz CT molecular complexity index is 929. The second-order valence-corrected chi connectivity index (χ2v) is 8.04. The number of ether oxygens (including phenoxy) is 3. The third-order valence-corrected chi connectivity index (χ3v) is 5.93. The monoisotopic (exact) mass is 409 g/mol. The first-order valence-electron chi connectivity index (χ1n) is 10.4. The Morgan fingerprint density at radius 1 is 1.10 bits per heavy atom. The van der Waals surface area contributed by atoms with Crippen LogP contribution in [0.5, 0.6) is 17.2 Å². The van der Waals surface area contributed by atoms with Crippen molar-refractivity contribution < 1.29 is 23.8 Å². The molecule has 0 aromatic heterocycles. The van der Waals surface area contributed by atoms with Crippen LogP contribution in [0.15, 0.2) is 42.5 Å². The largest absolute Gasteiger partial charge is 0.497 e. The Labute approximate surface area is 176 Å². The minimum atomic E-state index is -0.536. The van der Waals surface area contributed by atoms with Crippen LogP contribution in [-0.4, -0.2) is 49.0 Å². The molecule has 158 valence electrons. The normalized spacial score (nSPS) is 17.3. The number of benzene rings is 2. The molecule has 0 aliphatic carbocycles. The third-order valence-electron chi connectivity index (χ3n) is 5.93. The summed E-state index contributed by atoms with van der Waals surface area (Å²) >= 11 is 0. The molecule has 6 heteroatoms. The van der Waals surface area contributed by atoms with E-state index in [0.717, 1.165) is 5.75 Å². The van der Waals surface area contributed by atoms with Gasteiger partial charge in [-0.05, 0) is 31.2 Å². The number of hydrogen-bond acceptors (Lipinski definition) is 5. The molecule has 0 N–H and O–H groups in total. The van der Waals surface area contributed by atoms with Gasteiger partial charge >= 0.3 is 0 Å². The van der Waals surface area contributed by atoms with Crippen LogP contribution >= 0.6 is 0 Å². The van der Waals surface area contributed by atoms with Crippen LogP contribution in [-0.2, 0) is 4.79 Å². The van der Waals surface area contributed by atoms with Crippen molar-refractivity contribution in [2.75, 3.05) is 26.8 Å². The molecule has 2 aliphatic heterocycles. The third kappa shape index (κ3) is 4.27. The lowest BCUT2D eigenvalue weighted by atomic mass is 9.82. The number of piperidine rings is 1. The van der Waals surface area contributed by atoms with Gasteiger partial charge in [-0.2, -0.15) is 0 Å². The molecule has 2 aromatic carbocycles. The van der Waals surface area contributed by atoms with Crippen molar-refractivity contribution in [3.05, 3.63) is 53.6 Å². The number of aryl methyl sites for hydroxylation is 1. The average Bonchev–Trinajstić information content (AvgIpc) is 2.75. The van der Waals surface area contributed by atoms with Crippen molar-refractivity contribution in [2.24, 2.45) is 0 Å². The van der Waals surface area contributed by atoms with E-state index in [1.807, 2.05) is 36.1 Å². The van der Waals surface area contributed by atoms with Crippen LogP contribution in [0.3, 0.4) is 0 Å². The van der Waals surface area contributed by atoms with Crippen molar-refractivity contribution in [3.8, 4) is 17.2 Å². The molecule has 0 bridgehead atoms. The van der Waals surface area contributed by atoms with E-state index in [9.17, 15) is 9.59 Å². The number of carbonyl (C=O) groups is 2. The molecule has 6 nitrogen and oxygen atoms in total. The van der Waals surface area contributed by atoms with E-state index in [1.165, 1.54) is 5.56 Å². The molecule has 30 heavy (non-hydrogen) atoms. The lowest BCUT2D eigenvalue weighted by molar-refractivity contribution is -0.135. The summed E-state index contributed by atoms with van der Waals surface area (Å²) in [4.78, 5) is 27.1. The van der Waals surface area contributed by atoms with Crippen LogP contribution in [0, 0.1) is 6.92 Å². The van der Waals surface area contributed by atoms with Crippen LogP contribution in [0.2, 0.25) is 0 Å². The summed E-state index contributed by atoms with van der Waals surface area (Å²) in [5, 5.41) is 0. The molecule has 0 saturated carbocycles. The number of methoxy groups -OCH3 is 1. The smallest absolute Gasteiger partial charge is 0.226 e. The molecular formula is C24H27NO5. The number of rotatable bonds is 5. The van der Waals surface area contributed by atoms with E-state index in [1.54, 1.807) is 25.3 Å². The van der Waals surface area contributed by atoms with E-state index in [4.69, 9.17) is 14.2 Å². The molecule has 2 aromatic rings. The van der Waals surface area contributed by atoms with Crippen LogP contribution in [0.4, 0.5) is 0 Å². The maximum atomic E-state index is 12.7. The zero-order chi connectivity index (χ0) is 21.1. The number of Topliss-reactive ketones (excluding diaryl/α,β-unsaturated/α-hetero) is 1. The summed E-state index contributed by atoms with van der Waals surface area (Å²) in [5.41, 5.74) is 1.24. The number of likely N-dealkylation sites (tertiary alicyclic amines) is 1. The van der Waals surface area contributed by atoms with Crippen LogP contribution < -0.4 is 14.2 Å². The molecule has 1 amide bonds. The highest BCUT2D eigenvalue weighted by atomic mass is 16.5. The van der Waals surface area contributed by atoms with Gasteiger partial charge in [0.2, 0.25) is 5.91 Å². The zero-order valence-electron chi connectivity index (χ0n) is 17.5. The Kier molecular flexibility index (Phi) is 5.66. The fourth-order valence-electron chi connectivity index (χ4n) is 4.09. The van der Waals surface area contributed by atoms with Crippen LogP contribution in [0.25, 0.3) is 0 Å². The summed E-state index contributed by atoms with van der Waals surface area (Å²) in [5.74, 6) is 2.18. The number of amides is 1. The van der Waals surface area contributed by atoms with E-state index in [-0.39, 0.29) is 11.7 Å². The Balaban J connectivity index is 1.31. The minimum absolute atomic E-state index is 0.0705. The molecular weight excluding hydrogens is 382 g/mol. The molecule has 2 heterocycles. The van der Waals surface area contributed by atoms with Crippen molar-refractivity contribution in [1.82, 2.24) is 4.90 Å². The first-order chi connectivity index (χ1) is 14.5. The summed E-state index contributed by atoms with van der Waals surface area (Å²) < 4.78 is 17.2. The van der Waals surface area contributed by atoms with Gasteiger partial charge < -0.3 is 19.1 Å². The topological polar surface area (TPSA) is 65.1 Å². The van der Waals surface area contributed by atoms with Crippen LogP contribution in [0.1, 0.15) is 41.6 Å². The van der Waals surface area contributed by atoms with Gasteiger partial charge in [0.1, 0.15) is 22.8 Å². The summed E-state index contributed by atoms with van der Waals surface area (Å²) in [6.45, 7) is 3.53. The number of carbonyl (C=O) groups excluding carboxylic acids is 2. The van der Waals surface area contributed by atoms with Crippen molar-refractivity contribution in [3.63, 3.8) is 0 Å². The van der Waals surface area contributed by atoms with Crippen molar-refractivity contribution in [1.29, 1.82) is 0 Å². The SMILES string of the molecule is COc1ccc2c(c1)OC1(CCN(C(=O)CCOc3ccc(C)cc3)CC1)CC2=O. The number of hydrogen-bond donors (Lipinski definition) is 0. The maximum absolute atomic E-state index is 12.7. The fraction of sp³-hybridized carbons (Fsp3) is 0.417. The first kappa shape index (κ1) is 20.3. The predicted molar refractivity (Wildman–Crippen MR) is 112 cm³/mol. The highest BCUT2D eigenvalue weighted by molar-refractivity contribution is 6.00. The molecule has 0 unspecified atom stereocenters. The molecule has 0 radical (unpaired) electrons. The van der Waals surface area contributed by atoms with Gasteiger partial charge in [-0.1, -0.05) is 17.7 Å². The molecule has 2 aliphatic rings. The molecule has 4 rings (SSSR count). The summed E-state index contributed by atoms with van der Waals surface area (Å²) in [7, 11) is 1.59. The predicted octanol–water partition coefficient (Wildman–Crippen LogP) is 3.80. The summed E-state index contributed by atoms with van der Waals surface area (Å²) in [6.07, 6.45) is 1.96. The van der Waals surface area contributed by atoms with Gasteiger partial charge in [-0.25, -0.2) is 0 Å². The molecule has 1 saturated heterocycles. The Hall–Kier alpha value is -3.02. The van der Waals surface area contributed by atoms with E-state index in [2.05, 4.69) is 0 Å². The highest BCUT2D eigenvalue weighted by Crippen LogP contribution is 2.40. The zero-order valence-corrected chi connectivity index (χ0v) is 17.5. The second kappa shape index (κ2) is 8.38. The average molecular weight is 409 g/mol. The number of nitrogens with zero attached hydrogens (tertiary/aromatic N) is 1. The van der Waals surface area contributed by atoms with Gasteiger partial charge in [-0.15, -0.1) is 0 Å². The lowest BCUT2D eigenvalue weighted by Gasteiger charge is -2.44. The van der Waals surface area contributed by atoms with Gasteiger partial charge in [0.15, 0.2) is 5.78 Å². The quantitative estimate of drug-likeness (QED) is 0.752. The van der Waals surface area contributed by atoms with E-state index >= 15 is 0 Å². The molecule has 1 fully saturated rings. The van der Waals surface area contributed by atoms with Crippen molar-refractivity contribution in [2.45, 2.75) is 38.2 Å². The number of fused-ring (bicyclic) bond motifs is 1. The molecule has 0 atom stereocenters. The van der Waals surface area contributed by atoms with Crippen molar-refractivity contribution >= 4 is 11.7 Å². The van der Waals surface area contributed by atoms with Gasteiger partial charge in [0, 0.05) is 32.0 Å². The lowest BCUT2D eigenvalue weighted by Crippen LogP contribution is -2.52. The first-order valence-corrected chi connectivity index (χ1v) is 10.4. The summed E-state index contributed by atoms with van der Waals surface area (Å²) in [6, 6.07) is 13.1. The fourth-order valence-corrected chi connectivity index (χ4v) is 4.09. The van der Waals surface area contributed by atoms with Gasteiger partial charge in [0.25, 0.3) is 0 Å². The highest BCUT2D eigenvalue weighted by Gasteiger charge is 2.43. The van der Waals surface area contributed by atoms with Gasteiger partial charge in [-0.3, -0.25) is 9.59 Å². The Morgan fingerprint density at radius 2 is 1.80 bits per heavy atom. The standard InChI is InChI=1S/C24H27NO5/c1-17-3-5-18(6-4-17)29-14-9-23(27)25-12-10-24(11-13-25)16-21(26)20-8-7-19(28-2)15-22(20)30-24/h3-8,15H,9-14,16H2,1-2H3.